The Morgan fingerprint density at radius 3 is 2.24 bits per heavy atom. The molecule has 12 heteroatoms. The van der Waals surface area contributed by atoms with Gasteiger partial charge in [0.05, 0.1) is 13.0 Å². The highest BCUT2D eigenvalue weighted by molar-refractivity contribution is 5.93. The number of benzene rings is 1. The molecule has 3 unspecified atom stereocenters. The molecule has 0 aliphatic carbocycles. The van der Waals surface area contributed by atoms with Crippen molar-refractivity contribution in [2.75, 3.05) is 13.2 Å². The number of nitrogens with zero attached hydrogens (tertiary/aromatic N) is 1. The lowest BCUT2D eigenvalue weighted by atomic mass is 9.96. The molecule has 0 aliphatic rings. The maximum atomic E-state index is 14.3. The van der Waals surface area contributed by atoms with Crippen molar-refractivity contribution in [2.24, 2.45) is 11.7 Å². The van der Waals surface area contributed by atoms with Crippen LogP contribution in [0.25, 0.3) is 0 Å². The Morgan fingerprint density at radius 2 is 1.69 bits per heavy atom. The highest BCUT2D eigenvalue weighted by atomic mass is 16.6. The van der Waals surface area contributed by atoms with Crippen LogP contribution in [0.4, 0.5) is 4.79 Å². The fourth-order valence-electron chi connectivity index (χ4n) is 4.24. The third-order valence-electron chi connectivity index (χ3n) is 6.21. The largest absolute Gasteiger partial charge is 0.508 e. The second-order valence-electron chi connectivity index (χ2n) is 11.6. The Labute approximate surface area is 248 Å². The number of aromatic hydroxyl groups is 1. The second kappa shape index (κ2) is 17.2. The molecule has 4 amide bonds. The Kier molecular flexibility index (Phi) is 14.8. The summed E-state index contributed by atoms with van der Waals surface area (Å²) in [5, 5.41) is 15.5. The third-order valence-corrected chi connectivity index (χ3v) is 6.21. The van der Waals surface area contributed by atoms with Crippen LogP contribution in [0.2, 0.25) is 0 Å². The quantitative estimate of drug-likeness (QED) is 0.211. The minimum atomic E-state index is -1.25. The number of esters is 1. The van der Waals surface area contributed by atoms with Gasteiger partial charge in [-0.15, -0.1) is 0 Å². The molecule has 0 saturated heterocycles. The Hall–Kier alpha value is -3.83. The van der Waals surface area contributed by atoms with Crippen molar-refractivity contribution in [1.29, 1.82) is 0 Å². The Bertz CT molecular complexity index is 1070. The van der Waals surface area contributed by atoms with E-state index in [1.807, 2.05) is 13.8 Å². The molecule has 0 spiro atoms. The average Bonchev–Trinajstić information content (AvgIpc) is 2.86. The lowest BCUT2D eigenvalue weighted by Crippen LogP contribution is -2.55. The fourth-order valence-corrected chi connectivity index (χ4v) is 4.24. The summed E-state index contributed by atoms with van der Waals surface area (Å²) in [6.07, 6.45) is -0.0313. The van der Waals surface area contributed by atoms with E-state index in [4.69, 9.17) is 15.2 Å². The summed E-state index contributed by atoms with van der Waals surface area (Å²) >= 11 is 0. The monoisotopic (exact) mass is 592 g/mol. The SMILES string of the molecule is CCOC(=O)CCNC(=O)C(c1cccc(O)c1)N(C(=O)C(CCC(N)=O)NC(=O)OC(C)(C)C)C(C)CCC(C)C. The van der Waals surface area contributed by atoms with Crippen molar-refractivity contribution < 1.29 is 38.6 Å². The molecule has 5 N–H and O–H groups in total. The first kappa shape index (κ1) is 36.2. The van der Waals surface area contributed by atoms with Crippen LogP contribution in [0, 0.1) is 5.92 Å². The molecule has 0 heterocycles. The molecule has 0 aliphatic heterocycles. The zero-order chi connectivity index (χ0) is 32.0. The second-order valence-corrected chi connectivity index (χ2v) is 11.6. The summed E-state index contributed by atoms with van der Waals surface area (Å²) in [6.45, 7) is 12.7. The van der Waals surface area contributed by atoms with Crippen molar-refractivity contribution >= 4 is 29.8 Å². The summed E-state index contributed by atoms with van der Waals surface area (Å²) in [4.78, 5) is 65.7. The van der Waals surface area contributed by atoms with E-state index in [2.05, 4.69) is 10.6 Å². The summed E-state index contributed by atoms with van der Waals surface area (Å²) in [6, 6.07) is 2.96. The van der Waals surface area contributed by atoms with Crippen LogP contribution in [-0.4, -0.2) is 70.6 Å². The van der Waals surface area contributed by atoms with E-state index in [0.717, 1.165) is 6.42 Å². The molecule has 1 rings (SSSR count). The van der Waals surface area contributed by atoms with E-state index < -0.39 is 53.5 Å². The van der Waals surface area contributed by atoms with Gasteiger partial charge in [0.1, 0.15) is 23.4 Å². The molecular weight excluding hydrogens is 544 g/mol. The highest BCUT2D eigenvalue weighted by Crippen LogP contribution is 2.29. The van der Waals surface area contributed by atoms with E-state index in [0.29, 0.717) is 17.9 Å². The van der Waals surface area contributed by atoms with Crippen molar-refractivity contribution in [3.8, 4) is 5.75 Å². The molecule has 0 bridgehead atoms. The molecule has 0 fully saturated rings. The van der Waals surface area contributed by atoms with Crippen LogP contribution in [0.3, 0.4) is 0 Å². The lowest BCUT2D eigenvalue weighted by Gasteiger charge is -2.39. The van der Waals surface area contributed by atoms with Gasteiger partial charge >= 0.3 is 12.1 Å². The van der Waals surface area contributed by atoms with Gasteiger partial charge in [0, 0.05) is 19.0 Å². The Morgan fingerprint density at radius 1 is 1.02 bits per heavy atom. The predicted octanol–water partition coefficient (Wildman–Crippen LogP) is 3.31. The van der Waals surface area contributed by atoms with Crippen molar-refractivity contribution in [3.63, 3.8) is 0 Å². The number of phenolic OH excluding ortho intramolecular Hbond substituents is 1. The smallest absolute Gasteiger partial charge is 0.408 e. The van der Waals surface area contributed by atoms with Gasteiger partial charge in [-0.05, 0) is 77.5 Å². The zero-order valence-corrected chi connectivity index (χ0v) is 25.9. The number of hydrogen-bond donors (Lipinski definition) is 4. The van der Waals surface area contributed by atoms with Gasteiger partial charge in [-0.25, -0.2) is 4.79 Å². The third kappa shape index (κ3) is 13.2. The zero-order valence-electron chi connectivity index (χ0n) is 25.9. The number of ether oxygens (including phenoxy) is 2. The number of nitrogens with two attached hydrogens (primary N) is 1. The molecule has 42 heavy (non-hydrogen) atoms. The standard InChI is InChI=1S/C30H48N4O8/c1-8-41-25(37)16-17-32-27(38)26(21-10-9-11-22(35)18-21)34(20(4)13-12-19(2)3)28(39)23(14-15-24(31)36)33-29(40)42-30(5,6)7/h9-11,18-20,23,26,35H,8,12-17H2,1-7H3,(H2,31,36)(H,32,38)(H,33,40). The predicted molar refractivity (Wildman–Crippen MR) is 157 cm³/mol. The van der Waals surface area contributed by atoms with Gasteiger partial charge in [0.25, 0.3) is 0 Å². The van der Waals surface area contributed by atoms with Crippen LogP contribution in [0.1, 0.15) is 92.2 Å². The van der Waals surface area contributed by atoms with Crippen LogP contribution in [-0.2, 0) is 28.7 Å². The fraction of sp³-hybridized carbons (Fsp3) is 0.633. The highest BCUT2D eigenvalue weighted by Gasteiger charge is 2.39. The molecule has 236 valence electrons. The maximum Gasteiger partial charge on any atom is 0.408 e. The number of nitrogens with one attached hydrogen (secondary N) is 2. The molecule has 3 atom stereocenters. The van der Waals surface area contributed by atoms with E-state index >= 15 is 0 Å². The number of carbonyl (C=O) groups is 5. The van der Waals surface area contributed by atoms with Gasteiger partial charge in [-0.1, -0.05) is 26.0 Å². The van der Waals surface area contributed by atoms with E-state index in [-0.39, 0.29) is 38.2 Å². The minimum absolute atomic E-state index is 0.0450. The van der Waals surface area contributed by atoms with Gasteiger partial charge < -0.3 is 35.8 Å². The first-order chi connectivity index (χ1) is 19.5. The van der Waals surface area contributed by atoms with Crippen LogP contribution < -0.4 is 16.4 Å². The molecule has 1 aromatic carbocycles. The molecule has 0 saturated carbocycles. The van der Waals surface area contributed by atoms with Crippen molar-refractivity contribution in [3.05, 3.63) is 29.8 Å². The number of phenols is 1. The number of hydrogen-bond acceptors (Lipinski definition) is 8. The molecule has 0 aromatic heterocycles. The molecule has 12 nitrogen and oxygen atoms in total. The topological polar surface area (TPSA) is 177 Å². The van der Waals surface area contributed by atoms with Crippen LogP contribution in [0.15, 0.2) is 24.3 Å². The maximum absolute atomic E-state index is 14.3. The number of amides is 4. The summed E-state index contributed by atoms with van der Waals surface area (Å²) in [7, 11) is 0. The van der Waals surface area contributed by atoms with Gasteiger partial charge in [-0.3, -0.25) is 19.2 Å². The number of primary amides is 1. The van der Waals surface area contributed by atoms with E-state index in [1.54, 1.807) is 46.8 Å². The normalized spacial score (nSPS) is 13.4. The first-order valence-corrected chi connectivity index (χ1v) is 14.4. The van der Waals surface area contributed by atoms with E-state index in [9.17, 15) is 29.1 Å². The molecule has 0 radical (unpaired) electrons. The summed E-state index contributed by atoms with van der Waals surface area (Å²) < 4.78 is 10.3. The number of carbonyl (C=O) groups excluding carboxylic acids is 5. The number of alkyl carbamates (subject to hydrolysis) is 1. The Balaban J connectivity index is 3.59. The van der Waals surface area contributed by atoms with Gasteiger partial charge in [-0.2, -0.15) is 0 Å². The van der Waals surface area contributed by atoms with Crippen LogP contribution in [0.5, 0.6) is 5.75 Å². The first-order valence-electron chi connectivity index (χ1n) is 14.4. The van der Waals surface area contributed by atoms with Gasteiger partial charge in [0.15, 0.2) is 0 Å². The summed E-state index contributed by atoms with van der Waals surface area (Å²) in [5.41, 5.74) is 4.84. The lowest BCUT2D eigenvalue weighted by molar-refractivity contribution is -0.146. The molecular formula is C30H48N4O8. The minimum Gasteiger partial charge on any atom is -0.508 e. The van der Waals surface area contributed by atoms with Crippen molar-refractivity contribution in [2.45, 2.75) is 104 Å². The van der Waals surface area contributed by atoms with Crippen molar-refractivity contribution in [1.82, 2.24) is 15.5 Å². The van der Waals surface area contributed by atoms with Crippen LogP contribution >= 0.6 is 0 Å². The van der Waals surface area contributed by atoms with E-state index in [1.165, 1.54) is 17.0 Å². The van der Waals surface area contributed by atoms with Gasteiger partial charge in [0.2, 0.25) is 17.7 Å². The summed E-state index contributed by atoms with van der Waals surface area (Å²) in [5.74, 6) is -2.20. The average molecular weight is 593 g/mol. The number of rotatable bonds is 16. The molecule has 1 aromatic rings.